The number of nitrogens with one attached hydrogen (secondary N) is 1. The summed E-state index contributed by atoms with van der Waals surface area (Å²) in [4.78, 5) is 24.6. The van der Waals surface area contributed by atoms with E-state index < -0.39 is 0 Å². The van der Waals surface area contributed by atoms with Gasteiger partial charge in [-0.2, -0.15) is 0 Å². The van der Waals surface area contributed by atoms with Crippen LogP contribution in [0, 0.1) is 5.92 Å². The van der Waals surface area contributed by atoms with Gasteiger partial charge in [-0.25, -0.2) is 4.79 Å². The van der Waals surface area contributed by atoms with Gasteiger partial charge in [0.1, 0.15) is 0 Å². The van der Waals surface area contributed by atoms with Gasteiger partial charge in [-0.15, -0.1) is 0 Å². The molecule has 2 unspecified atom stereocenters. The lowest BCUT2D eigenvalue weighted by molar-refractivity contribution is -0.120. The van der Waals surface area contributed by atoms with Crippen LogP contribution >= 0.6 is 0 Å². The van der Waals surface area contributed by atoms with Crippen LogP contribution in [0.5, 0.6) is 0 Å². The summed E-state index contributed by atoms with van der Waals surface area (Å²) in [5, 5.41) is 2.91. The molecule has 104 valence electrons. The van der Waals surface area contributed by atoms with Crippen LogP contribution in [-0.4, -0.2) is 42.6 Å². The predicted molar refractivity (Wildman–Crippen MR) is 69.2 cm³/mol. The molecule has 0 bridgehead atoms. The Hall–Kier alpha value is -1.26. The van der Waals surface area contributed by atoms with E-state index in [0.29, 0.717) is 19.1 Å². The fraction of sp³-hybridized carbons (Fsp3) is 0.846. The second-order valence-corrected chi connectivity index (χ2v) is 4.89. The fourth-order valence-corrected chi connectivity index (χ4v) is 2.58. The Balaban J connectivity index is 2.61. The van der Waals surface area contributed by atoms with Crippen LogP contribution in [0.1, 0.15) is 40.0 Å². The molecule has 5 nitrogen and oxygen atoms in total. The molecule has 0 aromatic carbocycles. The van der Waals surface area contributed by atoms with E-state index in [9.17, 15) is 9.59 Å². The lowest BCUT2D eigenvalue weighted by atomic mass is 9.91. The third kappa shape index (κ3) is 4.55. The summed E-state index contributed by atoms with van der Waals surface area (Å²) in [7, 11) is 0. The van der Waals surface area contributed by atoms with Crippen molar-refractivity contribution in [1.29, 1.82) is 0 Å². The number of rotatable bonds is 4. The van der Waals surface area contributed by atoms with Crippen LogP contribution in [0.4, 0.5) is 4.79 Å². The monoisotopic (exact) mass is 256 g/mol. The fourth-order valence-electron chi connectivity index (χ4n) is 2.58. The molecule has 1 rings (SSSR count). The SMILES string of the molecule is CCCC1CC(NC(C)=O)CN(C(=O)OCC)C1. The van der Waals surface area contributed by atoms with Gasteiger partial charge in [0.25, 0.3) is 0 Å². The minimum Gasteiger partial charge on any atom is -0.450 e. The van der Waals surface area contributed by atoms with Crippen LogP contribution in [0.2, 0.25) is 0 Å². The number of likely N-dealkylation sites (tertiary alicyclic amines) is 1. The average Bonchev–Trinajstić information content (AvgIpc) is 2.28. The molecule has 0 aliphatic carbocycles. The van der Waals surface area contributed by atoms with Gasteiger partial charge in [-0.1, -0.05) is 13.3 Å². The summed E-state index contributed by atoms with van der Waals surface area (Å²) in [5.74, 6) is 0.408. The van der Waals surface area contributed by atoms with Crippen LogP contribution in [0.3, 0.4) is 0 Å². The second-order valence-electron chi connectivity index (χ2n) is 4.89. The molecule has 1 aliphatic rings. The summed E-state index contributed by atoms with van der Waals surface area (Å²) < 4.78 is 5.04. The van der Waals surface area contributed by atoms with Crippen molar-refractivity contribution in [3.05, 3.63) is 0 Å². The topological polar surface area (TPSA) is 58.6 Å². The van der Waals surface area contributed by atoms with E-state index in [2.05, 4.69) is 12.2 Å². The van der Waals surface area contributed by atoms with Crippen LogP contribution in [0.15, 0.2) is 0 Å². The zero-order valence-corrected chi connectivity index (χ0v) is 11.6. The molecule has 1 heterocycles. The maximum Gasteiger partial charge on any atom is 0.409 e. The van der Waals surface area contributed by atoms with Crippen molar-refractivity contribution in [2.24, 2.45) is 5.92 Å². The summed E-state index contributed by atoms with van der Waals surface area (Å²) in [6.07, 6.45) is 2.84. The molecule has 0 saturated carbocycles. The predicted octanol–water partition coefficient (Wildman–Crippen LogP) is 1.77. The minimum absolute atomic E-state index is 0.0408. The van der Waals surface area contributed by atoms with E-state index >= 15 is 0 Å². The zero-order valence-electron chi connectivity index (χ0n) is 11.6. The molecule has 0 aromatic rings. The molecule has 1 aliphatic heterocycles. The third-order valence-electron chi connectivity index (χ3n) is 3.17. The highest BCUT2D eigenvalue weighted by atomic mass is 16.6. The van der Waals surface area contributed by atoms with Crippen LogP contribution in [-0.2, 0) is 9.53 Å². The Morgan fingerprint density at radius 1 is 1.33 bits per heavy atom. The summed E-state index contributed by atoms with van der Waals surface area (Å²) >= 11 is 0. The number of nitrogens with zero attached hydrogens (tertiary/aromatic N) is 1. The number of carbonyl (C=O) groups excluding carboxylic acids is 2. The first-order valence-electron chi connectivity index (χ1n) is 6.75. The average molecular weight is 256 g/mol. The summed E-state index contributed by atoms with van der Waals surface area (Å²) in [5.41, 5.74) is 0. The number of ether oxygens (including phenoxy) is 1. The number of amides is 2. The third-order valence-corrected chi connectivity index (χ3v) is 3.17. The Bertz CT molecular complexity index is 294. The molecular weight excluding hydrogens is 232 g/mol. The molecule has 1 saturated heterocycles. The van der Waals surface area contributed by atoms with Crippen LogP contribution < -0.4 is 5.32 Å². The lowest BCUT2D eigenvalue weighted by Crippen LogP contribution is -2.52. The first kappa shape index (κ1) is 14.8. The maximum atomic E-state index is 11.8. The smallest absolute Gasteiger partial charge is 0.409 e. The Labute approximate surface area is 109 Å². The van der Waals surface area contributed by atoms with Gasteiger partial charge < -0.3 is 15.0 Å². The minimum atomic E-state index is -0.270. The Morgan fingerprint density at radius 3 is 2.61 bits per heavy atom. The quantitative estimate of drug-likeness (QED) is 0.834. The summed E-state index contributed by atoms with van der Waals surface area (Å²) in [6.45, 7) is 7.13. The molecule has 2 amide bonds. The van der Waals surface area contributed by atoms with Gasteiger partial charge in [0.05, 0.1) is 6.61 Å². The van der Waals surface area contributed by atoms with Crippen LogP contribution in [0.25, 0.3) is 0 Å². The highest BCUT2D eigenvalue weighted by Gasteiger charge is 2.30. The van der Waals surface area contributed by atoms with Gasteiger partial charge in [0, 0.05) is 26.1 Å². The number of hydrogen-bond acceptors (Lipinski definition) is 3. The normalized spacial score (nSPS) is 23.6. The first-order chi connectivity index (χ1) is 8.56. The van der Waals surface area contributed by atoms with E-state index in [4.69, 9.17) is 4.74 Å². The van der Waals surface area contributed by atoms with E-state index in [-0.39, 0.29) is 18.0 Å². The van der Waals surface area contributed by atoms with E-state index in [1.54, 1.807) is 11.8 Å². The second kappa shape index (κ2) is 7.24. The van der Waals surface area contributed by atoms with Crippen molar-refractivity contribution in [2.45, 2.75) is 46.1 Å². The molecular formula is C13H24N2O3. The van der Waals surface area contributed by atoms with Gasteiger partial charge in [0.15, 0.2) is 0 Å². The summed E-state index contributed by atoms with van der Waals surface area (Å²) in [6, 6.07) is 0.0530. The van der Waals surface area contributed by atoms with Gasteiger partial charge >= 0.3 is 6.09 Å². The van der Waals surface area contributed by atoms with Crippen molar-refractivity contribution in [1.82, 2.24) is 10.2 Å². The van der Waals surface area contributed by atoms with Crippen molar-refractivity contribution < 1.29 is 14.3 Å². The molecule has 5 heteroatoms. The molecule has 0 aromatic heterocycles. The molecule has 18 heavy (non-hydrogen) atoms. The van der Waals surface area contributed by atoms with Crippen molar-refractivity contribution in [3.63, 3.8) is 0 Å². The molecule has 1 N–H and O–H groups in total. The molecule has 2 atom stereocenters. The number of carbonyl (C=O) groups is 2. The van der Waals surface area contributed by atoms with E-state index in [1.807, 2.05) is 0 Å². The molecule has 0 spiro atoms. The van der Waals surface area contributed by atoms with Crippen molar-refractivity contribution >= 4 is 12.0 Å². The van der Waals surface area contributed by atoms with Gasteiger partial charge in [-0.05, 0) is 25.7 Å². The van der Waals surface area contributed by atoms with E-state index in [0.717, 1.165) is 25.8 Å². The Kier molecular flexibility index (Phi) is 5.95. The first-order valence-corrected chi connectivity index (χ1v) is 6.75. The molecule has 0 radical (unpaired) electrons. The largest absolute Gasteiger partial charge is 0.450 e. The van der Waals surface area contributed by atoms with Crippen molar-refractivity contribution in [2.75, 3.05) is 19.7 Å². The standard InChI is InChI=1S/C13H24N2O3/c1-4-6-11-7-12(14-10(3)16)9-15(8-11)13(17)18-5-2/h11-12H,4-9H2,1-3H3,(H,14,16). The number of piperidine rings is 1. The number of hydrogen-bond donors (Lipinski definition) is 1. The Morgan fingerprint density at radius 2 is 2.06 bits per heavy atom. The van der Waals surface area contributed by atoms with Crippen molar-refractivity contribution in [3.8, 4) is 0 Å². The lowest BCUT2D eigenvalue weighted by Gasteiger charge is -2.37. The maximum absolute atomic E-state index is 11.8. The van der Waals surface area contributed by atoms with Gasteiger partial charge in [0.2, 0.25) is 5.91 Å². The van der Waals surface area contributed by atoms with E-state index in [1.165, 1.54) is 6.92 Å². The molecule has 1 fully saturated rings. The highest BCUT2D eigenvalue weighted by molar-refractivity contribution is 5.73. The highest BCUT2D eigenvalue weighted by Crippen LogP contribution is 2.22. The van der Waals surface area contributed by atoms with Gasteiger partial charge in [-0.3, -0.25) is 4.79 Å². The zero-order chi connectivity index (χ0) is 13.5.